The number of carbonyl (C=O) groups is 8. The van der Waals surface area contributed by atoms with Gasteiger partial charge in [-0.3, -0.25) is 49.0 Å². The van der Waals surface area contributed by atoms with Gasteiger partial charge < -0.3 is 71.9 Å². The van der Waals surface area contributed by atoms with Crippen LogP contribution >= 0.6 is 12.0 Å². The molecule has 0 radical (unpaired) electrons. The Bertz CT molecular complexity index is 1750. The number of β-amino-alcohol motifs (C(OH)–C–C–N with tert-alkyl or cyclic N) is 1. The molecule has 0 aliphatic carbocycles. The molecule has 0 saturated carbocycles. The number of ether oxygens (including phenoxy) is 2. The summed E-state index contributed by atoms with van der Waals surface area (Å²) in [6, 6.07) is 1.36. The van der Waals surface area contributed by atoms with Gasteiger partial charge in [-0.1, -0.05) is 33.3 Å². The summed E-state index contributed by atoms with van der Waals surface area (Å²) in [5.41, 5.74) is 4.04. The third-order valence-electron chi connectivity index (χ3n) is 10.4. The van der Waals surface area contributed by atoms with E-state index in [0.29, 0.717) is 12.2 Å². The maximum atomic E-state index is 14.1. The van der Waals surface area contributed by atoms with Gasteiger partial charge in [0.1, 0.15) is 30.1 Å². The molecule has 0 aromatic heterocycles. The maximum absolute atomic E-state index is 14.1. The molecule has 2 rings (SSSR count). The highest BCUT2D eigenvalue weighted by Gasteiger charge is 2.52. The first kappa shape index (κ1) is 55.0. The van der Waals surface area contributed by atoms with Gasteiger partial charge in [0, 0.05) is 43.4 Å². The number of nitrogens with one attached hydrogen (secondary N) is 8. The van der Waals surface area contributed by atoms with E-state index in [4.69, 9.17) is 15.2 Å². The van der Waals surface area contributed by atoms with Gasteiger partial charge in [0.15, 0.2) is 11.9 Å². The van der Waals surface area contributed by atoms with Crippen molar-refractivity contribution in [3.05, 3.63) is 24.3 Å². The fraction of sp³-hybridized carbons (Fsp3) is 0.641. The SMILES string of the molecule is CC[C@H](C)[C@H](NC(=O)CNCOC(C)Nc1cccc(OC)c1)C(=O)NCC(=O)NC(CSO)C(=O)N[C@@H](CC(N)=O)C(=O)N1C[C@H](O)C[C@]1(C=O)N[C@H](C(=O)NC)[C@@H](C)[C@@H](O)CO. The minimum Gasteiger partial charge on any atom is -0.497 e. The minimum absolute atomic E-state index is 0.0148. The third kappa shape index (κ3) is 16.8. The van der Waals surface area contributed by atoms with Gasteiger partial charge in [-0.2, -0.15) is 0 Å². The van der Waals surface area contributed by atoms with Crippen LogP contribution in [-0.2, 0) is 43.1 Å². The molecule has 1 heterocycles. The normalized spacial score (nSPS) is 19.6. The Morgan fingerprint density at radius 1 is 1.00 bits per heavy atom. The molecule has 1 aromatic rings. The maximum Gasteiger partial charge on any atom is 0.247 e. The summed E-state index contributed by atoms with van der Waals surface area (Å²) in [6.45, 7) is 4.49. The number of anilines is 1. The Hall–Kier alpha value is -5.15. The number of nitrogens with two attached hydrogens (primary N) is 1. The molecule has 1 saturated heterocycles. The zero-order valence-corrected chi connectivity index (χ0v) is 37.6. The predicted octanol–water partition coefficient (Wildman–Crippen LogP) is -4.10. The predicted molar refractivity (Wildman–Crippen MR) is 232 cm³/mol. The highest BCUT2D eigenvalue weighted by molar-refractivity contribution is 7.93. The van der Waals surface area contributed by atoms with Crippen molar-refractivity contribution in [2.24, 2.45) is 17.6 Å². The second-order valence-electron chi connectivity index (χ2n) is 15.2. The van der Waals surface area contributed by atoms with Gasteiger partial charge in [0.25, 0.3) is 0 Å². The molecular weight excluding hydrogens is 865 g/mol. The number of nitrogens with zero attached hydrogens (tertiary/aromatic N) is 1. The van der Waals surface area contributed by atoms with Gasteiger partial charge >= 0.3 is 0 Å². The topological polar surface area (TPSA) is 361 Å². The zero-order chi connectivity index (χ0) is 48.1. The van der Waals surface area contributed by atoms with E-state index in [0.717, 1.165) is 10.6 Å². The quantitative estimate of drug-likeness (QED) is 0.0157. The summed E-state index contributed by atoms with van der Waals surface area (Å²) < 4.78 is 20.5. The van der Waals surface area contributed by atoms with Crippen LogP contribution in [0.4, 0.5) is 5.69 Å². The molecule has 1 aliphatic rings. The summed E-state index contributed by atoms with van der Waals surface area (Å²) >= 11 is 0.145. The van der Waals surface area contributed by atoms with Gasteiger partial charge in [0.05, 0.1) is 58.2 Å². The van der Waals surface area contributed by atoms with E-state index in [-0.39, 0.29) is 37.5 Å². The first-order chi connectivity index (χ1) is 30.3. The van der Waals surface area contributed by atoms with Crippen LogP contribution in [0.1, 0.15) is 47.0 Å². The number of carbonyl (C=O) groups excluding carboxylic acids is 8. The summed E-state index contributed by atoms with van der Waals surface area (Å²) in [5.74, 6) is -7.45. The number of likely N-dealkylation sites (tertiary alicyclic amines) is 1. The molecule has 1 aliphatic heterocycles. The number of aldehydes is 1. The lowest BCUT2D eigenvalue weighted by Crippen LogP contribution is -2.68. The molecule has 24 nitrogen and oxygen atoms in total. The van der Waals surface area contributed by atoms with E-state index in [1.807, 2.05) is 12.1 Å². The average Bonchev–Trinajstić information content (AvgIpc) is 3.61. The van der Waals surface area contributed by atoms with E-state index >= 15 is 0 Å². The number of likely N-dealkylation sites (N-methyl/N-ethyl adjacent to an activating group) is 1. The molecule has 1 aromatic carbocycles. The summed E-state index contributed by atoms with van der Waals surface area (Å²) in [5, 5.41) is 51.2. The monoisotopic (exact) mass is 928 g/mol. The van der Waals surface area contributed by atoms with E-state index in [1.165, 1.54) is 14.0 Å². The summed E-state index contributed by atoms with van der Waals surface area (Å²) in [4.78, 5) is 105. The van der Waals surface area contributed by atoms with Crippen molar-refractivity contribution in [2.45, 2.75) is 95.2 Å². The Labute approximate surface area is 375 Å². The summed E-state index contributed by atoms with van der Waals surface area (Å²) in [7, 11) is 2.83. The Balaban J connectivity index is 2.10. The van der Waals surface area contributed by atoms with Crippen molar-refractivity contribution < 1.29 is 67.7 Å². The standard InChI is InChI=1S/C39H64N10O14S/c1-7-21(2)33(47-31(55)14-42-20-63-23(4)44-24-9-8-10-26(11-24)62-6)37(59)43-15-32(56)45-28(18-64-61)35(57)46-27(12-30(40)54)38(60)49-16-25(52)13-39(49,19-51)48-34(36(58)41-5)22(3)29(53)17-50/h8-11,19,21-23,25,27-29,33-34,42,44,48,50,52-53,61H,7,12-18,20H2,1-6H3,(H2,40,54)(H,41,58)(H,43,59)(H,45,56)(H,46,57)(H,47,55)/t21-,22-,23?,25+,27-,28?,29-,33-,34-,39-/m0/s1. The average molecular weight is 929 g/mol. The van der Waals surface area contributed by atoms with Crippen LogP contribution in [0.3, 0.4) is 0 Å². The molecule has 10 atom stereocenters. The van der Waals surface area contributed by atoms with Crippen molar-refractivity contribution in [3.63, 3.8) is 0 Å². The smallest absolute Gasteiger partial charge is 0.247 e. The first-order valence-electron chi connectivity index (χ1n) is 20.5. The minimum atomic E-state index is -2.13. The summed E-state index contributed by atoms with van der Waals surface area (Å²) in [6.07, 6.45) is -3.83. The van der Waals surface area contributed by atoms with E-state index < -0.39 is 134 Å². The highest BCUT2D eigenvalue weighted by Crippen LogP contribution is 2.29. The fourth-order valence-corrected chi connectivity index (χ4v) is 7.02. The molecule has 360 valence electrons. The van der Waals surface area contributed by atoms with Crippen molar-refractivity contribution in [3.8, 4) is 5.75 Å². The molecule has 25 heteroatoms. The van der Waals surface area contributed by atoms with Crippen LogP contribution in [0.15, 0.2) is 24.3 Å². The number of hydrogen-bond acceptors (Lipinski definition) is 18. The van der Waals surface area contributed by atoms with Crippen molar-refractivity contribution in [1.82, 2.24) is 42.1 Å². The fourth-order valence-electron chi connectivity index (χ4n) is 6.63. The second kappa shape index (κ2) is 27.2. The number of rotatable bonds is 29. The lowest BCUT2D eigenvalue weighted by Gasteiger charge is -2.40. The zero-order valence-electron chi connectivity index (χ0n) is 36.8. The number of hydrogen-bond donors (Lipinski definition) is 13. The molecule has 0 spiro atoms. The van der Waals surface area contributed by atoms with Gasteiger partial charge in [-0.05, 0) is 37.0 Å². The largest absolute Gasteiger partial charge is 0.497 e. The number of primary amides is 1. The number of methoxy groups -OCH3 is 1. The van der Waals surface area contributed by atoms with Gasteiger partial charge in [-0.15, -0.1) is 0 Å². The van der Waals surface area contributed by atoms with Crippen molar-refractivity contribution >= 4 is 65.4 Å². The molecule has 0 bridgehead atoms. The third-order valence-corrected chi connectivity index (χ3v) is 10.9. The van der Waals surface area contributed by atoms with Crippen LogP contribution in [0, 0.1) is 11.8 Å². The number of amides is 7. The van der Waals surface area contributed by atoms with E-state index in [9.17, 15) is 58.2 Å². The molecular formula is C39H64N10O14S. The van der Waals surface area contributed by atoms with E-state index in [2.05, 4.69) is 42.5 Å². The molecule has 1 fully saturated rings. The Morgan fingerprint density at radius 2 is 1.69 bits per heavy atom. The van der Waals surface area contributed by atoms with Crippen molar-refractivity contribution in [2.75, 3.05) is 58.2 Å². The van der Waals surface area contributed by atoms with E-state index in [1.54, 1.807) is 40.0 Å². The highest BCUT2D eigenvalue weighted by atomic mass is 32.2. The number of aliphatic hydroxyl groups excluding tert-OH is 3. The lowest BCUT2D eigenvalue weighted by molar-refractivity contribution is -0.147. The molecule has 7 amide bonds. The van der Waals surface area contributed by atoms with Crippen LogP contribution < -0.4 is 53.0 Å². The number of benzene rings is 1. The Kier molecular flexibility index (Phi) is 23.4. The van der Waals surface area contributed by atoms with Crippen LogP contribution in [-0.4, -0.2) is 174 Å². The Morgan fingerprint density at radius 3 is 2.28 bits per heavy atom. The molecule has 64 heavy (non-hydrogen) atoms. The second-order valence-corrected chi connectivity index (χ2v) is 15.8. The molecule has 2 unspecified atom stereocenters. The van der Waals surface area contributed by atoms with Gasteiger partial charge in [-0.25, -0.2) is 0 Å². The first-order valence-corrected chi connectivity index (χ1v) is 21.4. The van der Waals surface area contributed by atoms with Crippen LogP contribution in [0.5, 0.6) is 5.75 Å². The van der Waals surface area contributed by atoms with Gasteiger partial charge in [0.2, 0.25) is 41.4 Å². The number of aliphatic hydroxyl groups is 3. The molecule has 14 N–H and O–H groups in total. The van der Waals surface area contributed by atoms with Crippen molar-refractivity contribution in [1.29, 1.82) is 0 Å². The lowest BCUT2D eigenvalue weighted by atomic mass is 9.92. The van der Waals surface area contributed by atoms with Crippen LogP contribution in [0.2, 0.25) is 0 Å². The van der Waals surface area contributed by atoms with Crippen LogP contribution in [0.25, 0.3) is 0 Å².